The minimum Gasteiger partial charge on any atom is -0.553 e. The van der Waals surface area contributed by atoms with Crippen LogP contribution >= 0.6 is 0 Å². The molecular weight excluding hydrogens is 464 g/mol. The molecule has 0 radical (unpaired) electrons. The van der Waals surface area contributed by atoms with Gasteiger partial charge in [-0.15, -0.1) is 0 Å². The number of fused-ring (bicyclic) bond motifs is 1. The highest BCUT2D eigenvalue weighted by molar-refractivity contribution is 6.00. The first-order chi connectivity index (χ1) is 17.0. The lowest BCUT2D eigenvalue weighted by atomic mass is 9.64. The van der Waals surface area contributed by atoms with Gasteiger partial charge < -0.3 is 14.3 Å². The molecule has 1 N–H and O–H groups in total. The zero-order valence-electron chi connectivity index (χ0n) is 22.7. The van der Waals surface area contributed by atoms with Gasteiger partial charge in [0, 0.05) is 16.9 Å². The van der Waals surface area contributed by atoms with E-state index in [1.54, 1.807) is 7.11 Å². The standard InChI is InChI=1S/C31H38O4Si/c1-8-31(24-17-18(2)26(30(4,5)6)19(3)28(24)35-36)23-12-10-9-11-22(23)25(27(31)29(32)33)20-13-15-21(34-7)16-14-20/h9-17,25,27H,8H2,1-7,36H3,(H,32,33). The van der Waals surface area contributed by atoms with Crippen LogP contribution in [0.25, 0.3) is 0 Å². The zero-order valence-corrected chi connectivity index (χ0v) is 24.7. The molecule has 1 aliphatic carbocycles. The van der Waals surface area contributed by atoms with E-state index in [0.717, 1.165) is 39.3 Å². The van der Waals surface area contributed by atoms with Crippen molar-refractivity contribution in [2.24, 2.45) is 5.92 Å². The summed E-state index contributed by atoms with van der Waals surface area (Å²) in [7, 11) is 2.16. The number of hydrogen-bond acceptors (Lipinski definition) is 3. The molecule has 3 aromatic carbocycles. The van der Waals surface area contributed by atoms with Crippen molar-refractivity contribution in [3.8, 4) is 11.5 Å². The van der Waals surface area contributed by atoms with Crippen LogP contribution in [0.15, 0.2) is 54.6 Å². The summed E-state index contributed by atoms with van der Waals surface area (Å²) >= 11 is 0. The molecule has 0 heterocycles. The topological polar surface area (TPSA) is 55.8 Å². The second-order valence-corrected chi connectivity index (χ2v) is 11.4. The Morgan fingerprint density at radius 2 is 1.69 bits per heavy atom. The van der Waals surface area contributed by atoms with Gasteiger partial charge in [0.25, 0.3) is 0 Å². The molecular formula is C31H38O4Si. The molecule has 3 atom stereocenters. The van der Waals surface area contributed by atoms with E-state index >= 15 is 0 Å². The molecule has 0 bridgehead atoms. The van der Waals surface area contributed by atoms with Gasteiger partial charge >= 0.3 is 5.97 Å². The molecule has 36 heavy (non-hydrogen) atoms. The number of aryl methyl sites for hydroxylation is 1. The molecule has 5 heteroatoms. The van der Waals surface area contributed by atoms with Gasteiger partial charge in [0.2, 0.25) is 10.5 Å². The van der Waals surface area contributed by atoms with Crippen molar-refractivity contribution in [3.63, 3.8) is 0 Å². The van der Waals surface area contributed by atoms with Gasteiger partial charge in [0.1, 0.15) is 11.5 Å². The van der Waals surface area contributed by atoms with E-state index in [4.69, 9.17) is 9.16 Å². The second kappa shape index (κ2) is 9.43. The predicted molar refractivity (Wildman–Crippen MR) is 149 cm³/mol. The lowest BCUT2D eigenvalue weighted by Gasteiger charge is -2.39. The third-order valence-electron chi connectivity index (χ3n) is 8.09. The molecule has 0 saturated carbocycles. The summed E-state index contributed by atoms with van der Waals surface area (Å²) in [5.41, 5.74) is 6.94. The summed E-state index contributed by atoms with van der Waals surface area (Å²) in [6.07, 6.45) is 0.652. The Morgan fingerprint density at radius 1 is 1.06 bits per heavy atom. The van der Waals surface area contributed by atoms with Crippen LogP contribution in [-0.2, 0) is 15.6 Å². The molecule has 0 fully saturated rings. The molecule has 0 amide bonds. The predicted octanol–water partition coefficient (Wildman–Crippen LogP) is 5.81. The lowest BCUT2D eigenvalue weighted by molar-refractivity contribution is -0.144. The van der Waals surface area contributed by atoms with Crippen molar-refractivity contribution in [1.29, 1.82) is 0 Å². The van der Waals surface area contributed by atoms with E-state index in [0.29, 0.717) is 16.9 Å². The fraction of sp³-hybridized carbons (Fsp3) is 0.387. The van der Waals surface area contributed by atoms with Gasteiger partial charge in [-0.05, 0) is 71.2 Å². The number of carboxylic acid groups (broad SMARTS) is 1. The van der Waals surface area contributed by atoms with Crippen molar-refractivity contribution in [2.75, 3.05) is 7.11 Å². The number of hydrogen-bond donors (Lipinski definition) is 1. The van der Waals surface area contributed by atoms with Gasteiger partial charge in [-0.3, -0.25) is 4.79 Å². The fourth-order valence-electron chi connectivity index (χ4n) is 6.97. The quantitative estimate of drug-likeness (QED) is 0.432. The van der Waals surface area contributed by atoms with Crippen molar-refractivity contribution in [3.05, 3.63) is 93.5 Å². The first-order valence-corrected chi connectivity index (χ1v) is 13.5. The van der Waals surface area contributed by atoms with Gasteiger partial charge in [0.15, 0.2) is 0 Å². The average Bonchev–Trinajstić information content (AvgIpc) is 3.14. The molecule has 3 aromatic rings. The number of carboxylic acids is 1. The van der Waals surface area contributed by atoms with Gasteiger partial charge in [-0.2, -0.15) is 0 Å². The Labute approximate surface area is 218 Å². The molecule has 4 rings (SSSR count). The average molecular weight is 503 g/mol. The van der Waals surface area contributed by atoms with E-state index in [-0.39, 0.29) is 11.3 Å². The Morgan fingerprint density at radius 3 is 2.22 bits per heavy atom. The smallest absolute Gasteiger partial charge is 0.308 e. The van der Waals surface area contributed by atoms with E-state index in [1.165, 1.54) is 11.1 Å². The van der Waals surface area contributed by atoms with Crippen LogP contribution in [-0.4, -0.2) is 28.7 Å². The summed E-state index contributed by atoms with van der Waals surface area (Å²) in [6.45, 7) is 13.1. The highest BCUT2D eigenvalue weighted by Gasteiger charge is 2.57. The highest BCUT2D eigenvalue weighted by atomic mass is 28.2. The molecule has 0 saturated heterocycles. The van der Waals surface area contributed by atoms with Crippen molar-refractivity contribution < 1.29 is 19.1 Å². The number of carbonyl (C=O) groups is 1. The number of methoxy groups -OCH3 is 1. The normalized spacial score (nSPS) is 21.3. The van der Waals surface area contributed by atoms with Crippen LogP contribution < -0.4 is 9.16 Å². The maximum atomic E-state index is 13.3. The largest absolute Gasteiger partial charge is 0.553 e. The van der Waals surface area contributed by atoms with E-state index in [9.17, 15) is 9.90 Å². The van der Waals surface area contributed by atoms with Gasteiger partial charge in [-0.1, -0.05) is 70.2 Å². The van der Waals surface area contributed by atoms with E-state index in [1.807, 2.05) is 36.4 Å². The first kappa shape index (κ1) is 26.0. The zero-order chi connectivity index (χ0) is 26.4. The summed E-state index contributed by atoms with van der Waals surface area (Å²) < 4.78 is 11.6. The van der Waals surface area contributed by atoms with Crippen LogP contribution in [0, 0.1) is 19.8 Å². The minimum absolute atomic E-state index is 0.0493. The van der Waals surface area contributed by atoms with Crippen molar-refractivity contribution >= 4 is 16.5 Å². The van der Waals surface area contributed by atoms with Crippen LogP contribution in [0.4, 0.5) is 0 Å². The van der Waals surface area contributed by atoms with E-state index in [2.05, 4.69) is 59.7 Å². The maximum Gasteiger partial charge on any atom is 0.308 e. The number of benzene rings is 3. The van der Waals surface area contributed by atoms with Crippen LogP contribution in [0.3, 0.4) is 0 Å². The lowest BCUT2D eigenvalue weighted by Crippen LogP contribution is -2.40. The van der Waals surface area contributed by atoms with Crippen molar-refractivity contribution in [1.82, 2.24) is 0 Å². The Kier molecular flexibility index (Phi) is 6.82. The SMILES string of the molecule is CCC1(c2cc(C)c(C(C)(C)C)c(C)c2O[SiH3])c2ccccc2C(c2ccc(OC)cc2)C1C(=O)O. The maximum absolute atomic E-state index is 13.3. The molecule has 0 aliphatic heterocycles. The molecule has 190 valence electrons. The molecule has 0 aromatic heterocycles. The van der Waals surface area contributed by atoms with Crippen LogP contribution in [0.5, 0.6) is 11.5 Å². The number of ether oxygens (including phenoxy) is 1. The van der Waals surface area contributed by atoms with Crippen LogP contribution in [0.1, 0.15) is 79.0 Å². The first-order valence-electron chi connectivity index (χ1n) is 12.7. The Balaban J connectivity index is 2.08. The molecule has 1 aliphatic rings. The van der Waals surface area contributed by atoms with E-state index < -0.39 is 17.3 Å². The summed E-state index contributed by atoms with van der Waals surface area (Å²) in [5.74, 6) is -0.134. The molecule has 3 unspecified atom stereocenters. The third-order valence-corrected chi connectivity index (χ3v) is 8.50. The monoisotopic (exact) mass is 502 g/mol. The van der Waals surface area contributed by atoms with Crippen LogP contribution in [0.2, 0.25) is 0 Å². The molecule has 0 spiro atoms. The highest BCUT2D eigenvalue weighted by Crippen LogP contribution is 2.60. The minimum atomic E-state index is -0.789. The fourth-order valence-corrected chi connectivity index (χ4v) is 7.50. The molecule has 4 nitrogen and oxygen atoms in total. The summed E-state index contributed by atoms with van der Waals surface area (Å²) in [4.78, 5) is 13.3. The van der Waals surface area contributed by atoms with Gasteiger partial charge in [-0.25, -0.2) is 0 Å². The Bertz CT molecular complexity index is 1290. The van der Waals surface area contributed by atoms with Gasteiger partial charge in [0.05, 0.1) is 13.0 Å². The Hall–Kier alpha value is -3.05. The second-order valence-electron chi connectivity index (χ2n) is 11.0. The number of rotatable bonds is 6. The van der Waals surface area contributed by atoms with Crippen molar-refractivity contribution in [2.45, 2.75) is 64.7 Å². The third kappa shape index (κ3) is 3.85. The summed E-state index contributed by atoms with van der Waals surface area (Å²) in [5, 5.41) is 10.9. The number of aliphatic carboxylic acids is 1. The summed E-state index contributed by atoms with van der Waals surface area (Å²) in [6, 6.07) is 18.3.